The molecule has 1 aliphatic heterocycles. The van der Waals surface area contributed by atoms with Crippen LogP contribution in [0.4, 0.5) is 5.69 Å². The van der Waals surface area contributed by atoms with E-state index in [9.17, 15) is 0 Å². The molecule has 2 heterocycles. The van der Waals surface area contributed by atoms with E-state index in [-0.39, 0.29) is 6.04 Å². The van der Waals surface area contributed by atoms with E-state index in [1.54, 1.807) is 16.8 Å². The van der Waals surface area contributed by atoms with Crippen LogP contribution in [0.1, 0.15) is 18.9 Å². The number of anilines is 1. The number of hydrogen-bond donors (Lipinski definition) is 1. The lowest BCUT2D eigenvalue weighted by Crippen LogP contribution is -2.23. The highest BCUT2D eigenvalue weighted by Crippen LogP contribution is 2.28. The molecule has 0 aliphatic carbocycles. The molecule has 0 spiro atoms. The molecule has 7 heteroatoms. The maximum atomic E-state index is 6.04. The van der Waals surface area contributed by atoms with E-state index in [1.807, 2.05) is 6.07 Å². The van der Waals surface area contributed by atoms with Gasteiger partial charge in [-0.1, -0.05) is 11.6 Å². The van der Waals surface area contributed by atoms with Crippen molar-refractivity contribution in [1.82, 2.24) is 20.2 Å². The van der Waals surface area contributed by atoms with Gasteiger partial charge in [-0.3, -0.25) is 0 Å². The molecule has 0 saturated carbocycles. The molecule has 6 nitrogen and oxygen atoms in total. The molecule has 0 amide bonds. The highest BCUT2D eigenvalue weighted by atomic mass is 35.5. The number of nitrogen functional groups attached to an aromatic ring is 1. The highest BCUT2D eigenvalue weighted by molar-refractivity contribution is 6.33. The maximum absolute atomic E-state index is 6.04. The molecule has 1 aromatic heterocycles. The number of rotatable bonds is 2. The van der Waals surface area contributed by atoms with Crippen LogP contribution in [0.3, 0.4) is 0 Å². The van der Waals surface area contributed by atoms with E-state index in [2.05, 4.69) is 15.5 Å². The fourth-order valence-corrected chi connectivity index (χ4v) is 2.39. The van der Waals surface area contributed by atoms with Gasteiger partial charge in [0.2, 0.25) is 0 Å². The molecule has 1 fully saturated rings. The lowest BCUT2D eigenvalue weighted by Gasteiger charge is -2.22. The normalized spacial score (nSPS) is 19.5. The molecule has 2 N–H and O–H groups in total. The summed E-state index contributed by atoms with van der Waals surface area (Å²) in [5.74, 6) is 0.692. The zero-order valence-electron chi connectivity index (χ0n) is 10.3. The molecule has 0 radical (unpaired) electrons. The van der Waals surface area contributed by atoms with Crippen LogP contribution in [0.15, 0.2) is 18.2 Å². The van der Waals surface area contributed by atoms with E-state index in [1.165, 1.54) is 0 Å². The van der Waals surface area contributed by atoms with Crippen molar-refractivity contribution in [1.29, 1.82) is 0 Å². The minimum Gasteiger partial charge on any atom is -0.398 e. The number of aromatic nitrogens is 4. The fraction of sp³-hybridized carbons (Fsp3) is 0.417. The molecule has 1 aliphatic rings. The quantitative estimate of drug-likeness (QED) is 0.850. The standard InChI is InChI=1S/C12H14ClN5O/c13-10-6-8(3-4-11(10)14)12-15-16-17-18(12)9-2-1-5-19-7-9/h3-4,6,9H,1-2,5,7,14H2. The number of nitrogens with zero attached hydrogens (tertiary/aromatic N) is 4. The van der Waals surface area contributed by atoms with Crippen molar-refractivity contribution in [2.24, 2.45) is 0 Å². The van der Waals surface area contributed by atoms with Gasteiger partial charge >= 0.3 is 0 Å². The lowest BCUT2D eigenvalue weighted by molar-refractivity contribution is 0.0548. The van der Waals surface area contributed by atoms with Crippen molar-refractivity contribution in [3.8, 4) is 11.4 Å². The molecule has 19 heavy (non-hydrogen) atoms. The predicted octanol–water partition coefficient (Wildman–Crippen LogP) is 1.93. The van der Waals surface area contributed by atoms with Crippen molar-refractivity contribution < 1.29 is 4.74 Å². The van der Waals surface area contributed by atoms with Crippen LogP contribution >= 0.6 is 11.6 Å². The van der Waals surface area contributed by atoms with E-state index in [0.717, 1.165) is 25.0 Å². The number of benzene rings is 1. The largest absolute Gasteiger partial charge is 0.398 e. The summed E-state index contributed by atoms with van der Waals surface area (Å²) in [6.07, 6.45) is 2.03. The van der Waals surface area contributed by atoms with Gasteiger partial charge in [0.25, 0.3) is 0 Å². The summed E-state index contributed by atoms with van der Waals surface area (Å²) in [5, 5.41) is 12.4. The predicted molar refractivity (Wildman–Crippen MR) is 71.8 cm³/mol. The SMILES string of the molecule is Nc1ccc(-c2nnnn2C2CCCOC2)cc1Cl. The second kappa shape index (κ2) is 5.14. The molecule has 1 atom stereocenters. The van der Waals surface area contributed by atoms with Gasteiger partial charge in [-0.2, -0.15) is 0 Å². The van der Waals surface area contributed by atoms with Gasteiger partial charge in [-0.25, -0.2) is 4.68 Å². The minimum atomic E-state index is 0.176. The Balaban J connectivity index is 1.96. The van der Waals surface area contributed by atoms with Crippen LogP contribution in [0.5, 0.6) is 0 Å². The molecule has 0 bridgehead atoms. The Kier molecular flexibility index (Phi) is 3.35. The molecule has 100 valence electrons. The van der Waals surface area contributed by atoms with Crippen LogP contribution in [0.25, 0.3) is 11.4 Å². The molecular weight excluding hydrogens is 266 g/mol. The van der Waals surface area contributed by atoms with Crippen LogP contribution in [0, 0.1) is 0 Å². The Morgan fingerprint density at radius 1 is 1.42 bits per heavy atom. The Morgan fingerprint density at radius 2 is 2.32 bits per heavy atom. The van der Waals surface area contributed by atoms with Gasteiger partial charge in [0.15, 0.2) is 5.82 Å². The molecule has 1 unspecified atom stereocenters. The third-order valence-corrected chi connectivity index (χ3v) is 3.56. The summed E-state index contributed by atoms with van der Waals surface area (Å²) in [4.78, 5) is 0. The van der Waals surface area contributed by atoms with Gasteiger partial charge in [0, 0.05) is 12.2 Å². The summed E-state index contributed by atoms with van der Waals surface area (Å²) < 4.78 is 7.28. The van der Waals surface area contributed by atoms with Gasteiger partial charge in [0.05, 0.1) is 23.4 Å². The third kappa shape index (κ3) is 2.41. The van der Waals surface area contributed by atoms with Gasteiger partial charge in [0.1, 0.15) is 0 Å². The van der Waals surface area contributed by atoms with Gasteiger partial charge in [-0.15, -0.1) is 5.10 Å². The second-order valence-electron chi connectivity index (χ2n) is 4.55. The number of halogens is 1. The van der Waals surface area contributed by atoms with Crippen molar-refractivity contribution in [2.75, 3.05) is 18.9 Å². The van der Waals surface area contributed by atoms with Crippen LogP contribution in [-0.2, 0) is 4.74 Å². The van der Waals surface area contributed by atoms with Crippen molar-refractivity contribution in [3.05, 3.63) is 23.2 Å². The smallest absolute Gasteiger partial charge is 0.182 e. The third-order valence-electron chi connectivity index (χ3n) is 3.23. The Hall–Kier alpha value is -1.66. The second-order valence-corrected chi connectivity index (χ2v) is 4.96. The molecule has 1 aromatic carbocycles. The molecule has 3 rings (SSSR count). The van der Waals surface area contributed by atoms with E-state index >= 15 is 0 Å². The highest BCUT2D eigenvalue weighted by Gasteiger charge is 2.21. The van der Waals surface area contributed by atoms with E-state index in [0.29, 0.717) is 23.1 Å². The summed E-state index contributed by atoms with van der Waals surface area (Å²) >= 11 is 6.04. The maximum Gasteiger partial charge on any atom is 0.182 e. The van der Waals surface area contributed by atoms with Crippen molar-refractivity contribution in [3.63, 3.8) is 0 Å². The first-order chi connectivity index (χ1) is 9.25. The Morgan fingerprint density at radius 3 is 3.05 bits per heavy atom. The summed E-state index contributed by atoms with van der Waals surface area (Å²) in [5.41, 5.74) is 7.12. The average molecular weight is 280 g/mol. The topological polar surface area (TPSA) is 78.9 Å². The molecule has 2 aromatic rings. The Labute approximate surface area is 115 Å². The first-order valence-corrected chi connectivity index (χ1v) is 6.54. The lowest BCUT2D eigenvalue weighted by atomic mass is 10.1. The van der Waals surface area contributed by atoms with E-state index < -0.39 is 0 Å². The molecule has 1 saturated heterocycles. The first kappa shape index (κ1) is 12.4. The Bertz CT molecular complexity index is 579. The summed E-state index contributed by atoms with van der Waals surface area (Å²) in [7, 11) is 0. The average Bonchev–Trinajstić information content (AvgIpc) is 2.92. The van der Waals surface area contributed by atoms with Gasteiger partial charge < -0.3 is 10.5 Å². The van der Waals surface area contributed by atoms with E-state index in [4.69, 9.17) is 22.1 Å². The van der Waals surface area contributed by atoms with Crippen molar-refractivity contribution >= 4 is 17.3 Å². The van der Waals surface area contributed by atoms with Crippen LogP contribution in [-0.4, -0.2) is 33.4 Å². The monoisotopic (exact) mass is 279 g/mol. The number of tetrazole rings is 1. The first-order valence-electron chi connectivity index (χ1n) is 6.16. The van der Waals surface area contributed by atoms with Gasteiger partial charge in [-0.05, 0) is 41.5 Å². The zero-order valence-corrected chi connectivity index (χ0v) is 11.0. The fourth-order valence-electron chi connectivity index (χ4n) is 2.21. The van der Waals surface area contributed by atoms with Crippen molar-refractivity contribution in [2.45, 2.75) is 18.9 Å². The number of nitrogens with two attached hydrogens (primary N) is 1. The van der Waals surface area contributed by atoms with Crippen LogP contribution < -0.4 is 5.73 Å². The zero-order chi connectivity index (χ0) is 13.2. The number of hydrogen-bond acceptors (Lipinski definition) is 5. The summed E-state index contributed by atoms with van der Waals surface area (Å²) in [6.45, 7) is 1.45. The molecular formula is C12H14ClN5O. The minimum absolute atomic E-state index is 0.176. The van der Waals surface area contributed by atoms with Crippen LogP contribution in [0.2, 0.25) is 5.02 Å². The number of ether oxygens (including phenoxy) is 1. The summed E-state index contributed by atoms with van der Waals surface area (Å²) in [6, 6.07) is 5.58.